The molecule has 0 radical (unpaired) electrons. The summed E-state index contributed by atoms with van der Waals surface area (Å²) in [6.45, 7) is 6.98. The minimum atomic E-state index is -0.119. The molecule has 0 aromatic heterocycles. The van der Waals surface area contributed by atoms with Crippen molar-refractivity contribution >= 4 is 11.4 Å². The van der Waals surface area contributed by atoms with E-state index in [0.29, 0.717) is 5.92 Å². The Morgan fingerprint density at radius 1 is 0.758 bits per heavy atom. The van der Waals surface area contributed by atoms with Crippen molar-refractivity contribution in [3.63, 3.8) is 0 Å². The quantitative estimate of drug-likeness (QED) is 0.417. The Morgan fingerprint density at radius 3 is 2.18 bits per heavy atom. The van der Waals surface area contributed by atoms with Gasteiger partial charge >= 0.3 is 0 Å². The van der Waals surface area contributed by atoms with Crippen LogP contribution < -0.4 is 4.90 Å². The van der Waals surface area contributed by atoms with E-state index in [2.05, 4.69) is 109 Å². The largest absolute Gasteiger partial charge is 0.335 e. The van der Waals surface area contributed by atoms with Gasteiger partial charge in [-0.1, -0.05) is 92.1 Å². The lowest BCUT2D eigenvalue weighted by atomic mass is 9.67. The van der Waals surface area contributed by atoms with E-state index in [-0.39, 0.29) is 11.7 Å². The number of nitrogens with zero attached hydrogens (tertiary/aromatic N) is 2. The zero-order valence-electron chi connectivity index (χ0n) is 20.1. The van der Waals surface area contributed by atoms with Gasteiger partial charge in [-0.3, -0.25) is 0 Å². The van der Waals surface area contributed by atoms with Gasteiger partial charge in [-0.05, 0) is 62.3 Å². The van der Waals surface area contributed by atoms with E-state index in [1.165, 1.54) is 71.4 Å². The highest BCUT2D eigenvalue weighted by atomic mass is 15.5. The van der Waals surface area contributed by atoms with Gasteiger partial charge in [0.1, 0.15) is 6.17 Å². The molecule has 2 aliphatic heterocycles. The summed E-state index contributed by atoms with van der Waals surface area (Å²) in [6, 6.07) is 29.5. The summed E-state index contributed by atoms with van der Waals surface area (Å²) in [6.07, 6.45) is 6.88. The fraction of sp³-hybridized carbons (Fsp3) is 0.355. The Balaban J connectivity index is 1.64. The molecule has 2 unspecified atom stereocenters. The number of hydrogen-bond acceptors (Lipinski definition) is 2. The first-order chi connectivity index (χ1) is 16.2. The van der Waals surface area contributed by atoms with Crippen molar-refractivity contribution in [2.45, 2.75) is 64.6 Å². The topological polar surface area (TPSA) is 6.48 Å². The third-order valence-corrected chi connectivity index (χ3v) is 8.45. The van der Waals surface area contributed by atoms with Crippen LogP contribution in [-0.2, 0) is 5.54 Å². The van der Waals surface area contributed by atoms with E-state index in [0.717, 1.165) is 0 Å². The molecule has 0 spiro atoms. The molecule has 2 heteroatoms. The third kappa shape index (κ3) is 2.79. The molecule has 1 aliphatic carbocycles. The van der Waals surface area contributed by atoms with E-state index in [1.54, 1.807) is 0 Å². The summed E-state index contributed by atoms with van der Waals surface area (Å²) in [7, 11) is 0. The van der Waals surface area contributed by atoms with Crippen molar-refractivity contribution < 1.29 is 0 Å². The predicted octanol–water partition coefficient (Wildman–Crippen LogP) is 7.69. The smallest absolute Gasteiger partial charge is 0.104 e. The monoisotopic (exact) mass is 434 g/mol. The van der Waals surface area contributed by atoms with Crippen LogP contribution in [0.25, 0.3) is 5.70 Å². The molecule has 2 nitrogen and oxygen atoms in total. The summed E-state index contributed by atoms with van der Waals surface area (Å²) in [5, 5.41) is 0. The lowest BCUT2D eigenvalue weighted by Gasteiger charge is -2.50. The second-order valence-corrected chi connectivity index (χ2v) is 10.1. The molecule has 3 aromatic carbocycles. The van der Waals surface area contributed by atoms with Gasteiger partial charge in [-0.15, -0.1) is 0 Å². The molecule has 6 rings (SSSR count). The van der Waals surface area contributed by atoms with Gasteiger partial charge in [-0.2, -0.15) is 0 Å². The van der Waals surface area contributed by atoms with Crippen molar-refractivity contribution in [1.29, 1.82) is 0 Å². The maximum absolute atomic E-state index is 2.81. The standard InChI is InChI=1S/C31H34N2/c1-22-14-10-13-21-29(22)32-23(2)30-27-19-11-12-20-28(27)31(33(30)24(32)3,25-15-6-4-7-16-25)26-17-8-5-9-18-26/h4,6-7,10-16,19-21,24,26H,5,8-9,17-18H2,1-3H3. The van der Waals surface area contributed by atoms with Crippen LogP contribution in [0.15, 0.2) is 84.6 Å². The SMILES string of the molecule is CC1=C2c3ccccc3C(c3ccccc3)(C3CCCCC3)N2C(C)N1c1ccccc1C. The van der Waals surface area contributed by atoms with Crippen molar-refractivity contribution in [2.24, 2.45) is 5.92 Å². The molecular formula is C31H34N2. The van der Waals surface area contributed by atoms with Gasteiger partial charge in [0, 0.05) is 16.9 Å². The van der Waals surface area contributed by atoms with Crippen LogP contribution >= 0.6 is 0 Å². The molecule has 1 saturated carbocycles. The fourth-order valence-corrected chi connectivity index (χ4v) is 7.19. The van der Waals surface area contributed by atoms with Crippen LogP contribution in [0.3, 0.4) is 0 Å². The van der Waals surface area contributed by atoms with Gasteiger partial charge in [0.25, 0.3) is 0 Å². The van der Waals surface area contributed by atoms with Crippen molar-refractivity contribution in [2.75, 3.05) is 4.90 Å². The van der Waals surface area contributed by atoms with Crippen LogP contribution in [0.1, 0.15) is 68.2 Å². The number of anilines is 1. The van der Waals surface area contributed by atoms with E-state index in [9.17, 15) is 0 Å². The number of allylic oxidation sites excluding steroid dienone is 1. The first-order valence-corrected chi connectivity index (χ1v) is 12.7. The van der Waals surface area contributed by atoms with Crippen LogP contribution in [-0.4, -0.2) is 11.1 Å². The lowest BCUT2D eigenvalue weighted by molar-refractivity contribution is 0.0858. The van der Waals surface area contributed by atoms with Gasteiger partial charge in [0.2, 0.25) is 0 Å². The van der Waals surface area contributed by atoms with Crippen LogP contribution in [0.2, 0.25) is 0 Å². The van der Waals surface area contributed by atoms with Crippen molar-refractivity contribution in [1.82, 2.24) is 4.90 Å². The van der Waals surface area contributed by atoms with Crippen LogP contribution in [0.5, 0.6) is 0 Å². The molecule has 0 saturated heterocycles. The van der Waals surface area contributed by atoms with Crippen molar-refractivity contribution in [3.05, 3.63) is 107 Å². The summed E-state index contributed by atoms with van der Waals surface area (Å²) in [5.41, 5.74) is 9.72. The van der Waals surface area contributed by atoms with Crippen LogP contribution in [0, 0.1) is 12.8 Å². The lowest BCUT2D eigenvalue weighted by Crippen LogP contribution is -2.53. The van der Waals surface area contributed by atoms with Crippen LogP contribution in [0.4, 0.5) is 5.69 Å². The molecule has 3 aliphatic rings. The minimum Gasteiger partial charge on any atom is -0.335 e. The van der Waals surface area contributed by atoms with E-state index >= 15 is 0 Å². The second-order valence-electron chi connectivity index (χ2n) is 10.1. The van der Waals surface area contributed by atoms with Gasteiger partial charge in [0.15, 0.2) is 0 Å². The highest BCUT2D eigenvalue weighted by molar-refractivity contribution is 5.84. The number of rotatable bonds is 3. The van der Waals surface area contributed by atoms with E-state index in [1.807, 2.05) is 0 Å². The summed E-state index contributed by atoms with van der Waals surface area (Å²) in [5.74, 6) is 0.611. The summed E-state index contributed by atoms with van der Waals surface area (Å²) >= 11 is 0. The molecule has 168 valence electrons. The Morgan fingerprint density at radius 2 is 1.42 bits per heavy atom. The maximum Gasteiger partial charge on any atom is 0.104 e. The predicted molar refractivity (Wildman–Crippen MR) is 138 cm³/mol. The van der Waals surface area contributed by atoms with Gasteiger partial charge < -0.3 is 9.80 Å². The maximum atomic E-state index is 2.81. The molecular weight excluding hydrogens is 400 g/mol. The second kappa shape index (κ2) is 7.80. The van der Waals surface area contributed by atoms with Gasteiger partial charge in [0.05, 0.1) is 11.2 Å². The average molecular weight is 435 g/mol. The Bertz CT molecular complexity index is 1200. The molecule has 33 heavy (non-hydrogen) atoms. The Labute approximate surface area is 198 Å². The highest BCUT2D eigenvalue weighted by Crippen LogP contribution is 2.61. The zero-order chi connectivity index (χ0) is 22.6. The van der Waals surface area contributed by atoms with E-state index < -0.39 is 0 Å². The molecule has 1 fully saturated rings. The molecule has 0 bridgehead atoms. The van der Waals surface area contributed by atoms with E-state index in [4.69, 9.17) is 0 Å². The number of para-hydroxylation sites is 1. The first-order valence-electron chi connectivity index (χ1n) is 12.7. The normalized spacial score (nSPS) is 24.9. The number of fused-ring (bicyclic) bond motifs is 3. The molecule has 3 aromatic rings. The third-order valence-electron chi connectivity index (χ3n) is 8.45. The molecule has 2 heterocycles. The number of hydrogen-bond donors (Lipinski definition) is 0. The number of aryl methyl sites for hydroxylation is 1. The first kappa shape index (κ1) is 20.6. The fourth-order valence-electron chi connectivity index (χ4n) is 7.19. The highest BCUT2D eigenvalue weighted by Gasteiger charge is 2.58. The van der Waals surface area contributed by atoms with Crippen molar-refractivity contribution in [3.8, 4) is 0 Å². The Hall–Kier alpha value is -3.00. The molecule has 0 N–H and O–H groups in total. The van der Waals surface area contributed by atoms with Gasteiger partial charge in [-0.25, -0.2) is 0 Å². The Kier molecular flexibility index (Phi) is 4.87. The summed E-state index contributed by atoms with van der Waals surface area (Å²) in [4.78, 5) is 5.39. The zero-order valence-corrected chi connectivity index (χ0v) is 20.1. The molecule has 2 atom stereocenters. The summed E-state index contributed by atoms with van der Waals surface area (Å²) < 4.78 is 0. The average Bonchev–Trinajstić information content (AvgIpc) is 3.31. The number of benzene rings is 3. The molecule has 0 amide bonds. The minimum absolute atomic E-state index is 0.119.